The van der Waals surface area contributed by atoms with E-state index in [2.05, 4.69) is 36.1 Å². The largest absolute Gasteiger partial charge is 2.00 e. The third-order valence-electron chi connectivity index (χ3n) is 6.71. The number of carbonyl (C=O) groups is 1. The van der Waals surface area contributed by atoms with Crippen LogP contribution in [0.2, 0.25) is 0 Å². The van der Waals surface area contributed by atoms with Crippen molar-refractivity contribution in [3.05, 3.63) is 67.7 Å². The van der Waals surface area contributed by atoms with E-state index < -0.39 is 0 Å². The van der Waals surface area contributed by atoms with Gasteiger partial charge < -0.3 is 24.3 Å². The minimum Gasteiger partial charge on any atom is -0.504 e. The van der Waals surface area contributed by atoms with Gasteiger partial charge in [0.1, 0.15) is 0 Å². The predicted octanol–water partition coefficient (Wildman–Crippen LogP) is 4.72. The first kappa shape index (κ1) is 30.7. The minimum absolute atomic E-state index is 0. The predicted molar refractivity (Wildman–Crippen MR) is 119 cm³/mol. The number of piperidine rings is 1. The first-order valence-corrected chi connectivity index (χ1v) is 10.0. The number of nitrogens with zero attached hydrogens (tertiary/aromatic N) is 1. The average molecular weight is 670 g/mol. The molecular weight excluding hydrogens is 635 g/mol. The summed E-state index contributed by atoms with van der Waals surface area (Å²) in [5, 5.41) is 0. The van der Waals surface area contributed by atoms with Crippen molar-refractivity contribution in [3.8, 4) is 0 Å². The van der Waals surface area contributed by atoms with E-state index in [-0.39, 0.29) is 80.5 Å². The molecule has 0 aromatic heterocycles. The molecule has 0 spiro atoms. The second kappa shape index (κ2) is 13.4. The molecule has 1 aromatic rings. The molecule has 3 aliphatic rings. The maximum Gasteiger partial charge on any atom is 2.00 e. The zero-order valence-corrected chi connectivity index (χ0v) is 25.3. The summed E-state index contributed by atoms with van der Waals surface area (Å²) in [4.78, 5) is 15.1. The fourth-order valence-corrected chi connectivity index (χ4v) is 5.40. The SMILES string of the molecule is CC[C@@H]1CN2CCC3=C(Cc4ccccc43)[C@@H]2C[C@@H]1/C(=C\OC)C(=O)OC.[CH3-].[CH3-].[W+2].[Y]. The Hall–Kier alpha value is -0.278. The molecule has 1 aromatic carbocycles. The monoisotopic (exact) mass is 670 g/mol. The van der Waals surface area contributed by atoms with Crippen LogP contribution >= 0.6 is 0 Å². The van der Waals surface area contributed by atoms with Gasteiger partial charge in [-0.1, -0.05) is 37.6 Å². The zero-order chi connectivity index (χ0) is 19.0. The quantitative estimate of drug-likeness (QED) is 0.202. The Morgan fingerprint density at radius 1 is 1.23 bits per heavy atom. The molecule has 0 bridgehead atoms. The summed E-state index contributed by atoms with van der Waals surface area (Å²) in [5.74, 6) is 0.375. The van der Waals surface area contributed by atoms with Gasteiger partial charge in [-0.15, -0.1) is 0 Å². The van der Waals surface area contributed by atoms with Crippen LogP contribution in [0.25, 0.3) is 5.57 Å². The van der Waals surface area contributed by atoms with Gasteiger partial charge in [0, 0.05) is 51.8 Å². The molecule has 167 valence electrons. The van der Waals surface area contributed by atoms with Gasteiger partial charge in [0.2, 0.25) is 0 Å². The van der Waals surface area contributed by atoms with Crippen molar-refractivity contribution in [2.75, 3.05) is 27.3 Å². The van der Waals surface area contributed by atoms with Gasteiger partial charge in [-0.2, -0.15) is 0 Å². The Morgan fingerprint density at radius 3 is 2.58 bits per heavy atom. The van der Waals surface area contributed by atoms with Gasteiger partial charge in [-0.25, -0.2) is 4.79 Å². The second-order valence-corrected chi connectivity index (χ2v) is 7.91. The number of methoxy groups -OCH3 is 2. The van der Waals surface area contributed by atoms with Gasteiger partial charge in [0.15, 0.2) is 0 Å². The molecule has 2 aliphatic heterocycles. The summed E-state index contributed by atoms with van der Waals surface area (Å²) in [6, 6.07) is 9.24. The van der Waals surface area contributed by atoms with Gasteiger partial charge in [0.25, 0.3) is 0 Å². The third-order valence-corrected chi connectivity index (χ3v) is 6.71. The molecule has 0 saturated carbocycles. The van der Waals surface area contributed by atoms with Crippen LogP contribution in [0.3, 0.4) is 0 Å². The number of fused-ring (bicyclic) bond motifs is 4. The van der Waals surface area contributed by atoms with Crippen molar-refractivity contribution >= 4 is 11.5 Å². The Kier molecular flexibility index (Phi) is 13.3. The zero-order valence-electron chi connectivity index (χ0n) is 19.5. The molecule has 2 heterocycles. The Labute approximate surface area is 228 Å². The molecule has 0 N–H and O–H groups in total. The Bertz CT molecular complexity index is 808. The molecule has 4 rings (SSSR count). The van der Waals surface area contributed by atoms with E-state index in [0.29, 0.717) is 17.5 Å². The van der Waals surface area contributed by atoms with Crippen LogP contribution in [0.5, 0.6) is 0 Å². The maximum absolute atomic E-state index is 12.4. The number of hydrogen-bond acceptors (Lipinski definition) is 4. The summed E-state index contributed by atoms with van der Waals surface area (Å²) in [7, 11) is 3.06. The van der Waals surface area contributed by atoms with Crippen LogP contribution in [-0.2, 0) is 74.5 Å². The Balaban J connectivity index is 0.00000225. The molecule has 1 fully saturated rings. The number of esters is 1. The minimum atomic E-state index is -0.256. The average Bonchev–Trinajstić information content (AvgIpc) is 3.09. The van der Waals surface area contributed by atoms with Gasteiger partial charge >= 0.3 is 27.0 Å². The molecule has 1 saturated heterocycles. The normalized spacial score (nSPS) is 24.1. The molecule has 31 heavy (non-hydrogen) atoms. The summed E-state index contributed by atoms with van der Waals surface area (Å²) in [6.45, 7) is 4.37. The first-order valence-electron chi connectivity index (χ1n) is 10.0. The van der Waals surface area contributed by atoms with Crippen molar-refractivity contribution in [3.63, 3.8) is 0 Å². The van der Waals surface area contributed by atoms with E-state index in [9.17, 15) is 4.79 Å². The molecular formula is C25H35NO3WY. The first-order chi connectivity index (χ1) is 13.2. The van der Waals surface area contributed by atoms with E-state index >= 15 is 0 Å². The summed E-state index contributed by atoms with van der Waals surface area (Å²) in [5.41, 5.74) is 6.72. The van der Waals surface area contributed by atoms with Crippen LogP contribution in [0.1, 0.15) is 37.3 Å². The van der Waals surface area contributed by atoms with Crippen molar-refractivity contribution in [2.24, 2.45) is 11.8 Å². The maximum atomic E-state index is 12.4. The molecule has 4 nitrogen and oxygen atoms in total. The van der Waals surface area contributed by atoms with Gasteiger partial charge in [0.05, 0.1) is 26.1 Å². The Morgan fingerprint density at radius 2 is 1.94 bits per heavy atom. The number of rotatable bonds is 4. The van der Waals surface area contributed by atoms with Crippen molar-refractivity contribution in [1.29, 1.82) is 0 Å². The van der Waals surface area contributed by atoms with Crippen LogP contribution in [0.4, 0.5) is 0 Å². The fraction of sp³-hybridized carbons (Fsp3) is 0.480. The van der Waals surface area contributed by atoms with Crippen LogP contribution < -0.4 is 0 Å². The number of ether oxygens (including phenoxy) is 2. The van der Waals surface area contributed by atoms with E-state index in [1.807, 2.05) is 0 Å². The second-order valence-electron chi connectivity index (χ2n) is 7.91. The molecule has 0 unspecified atom stereocenters. The van der Waals surface area contributed by atoms with E-state index in [0.717, 1.165) is 38.8 Å². The smallest absolute Gasteiger partial charge is 0.504 e. The van der Waals surface area contributed by atoms with Crippen molar-refractivity contribution in [1.82, 2.24) is 4.90 Å². The van der Waals surface area contributed by atoms with Gasteiger partial charge in [-0.3, -0.25) is 4.90 Å². The number of carbonyl (C=O) groups excluding carboxylic acids is 1. The van der Waals surface area contributed by atoms with E-state index in [4.69, 9.17) is 9.47 Å². The fourth-order valence-electron chi connectivity index (χ4n) is 5.40. The van der Waals surface area contributed by atoms with E-state index in [1.165, 1.54) is 18.2 Å². The van der Waals surface area contributed by atoms with Crippen LogP contribution in [0.15, 0.2) is 41.7 Å². The third kappa shape index (κ3) is 5.81. The topological polar surface area (TPSA) is 38.8 Å². The molecule has 1 radical (unpaired) electrons. The molecule has 6 heteroatoms. The van der Waals surface area contributed by atoms with Crippen LogP contribution in [0, 0.1) is 26.7 Å². The molecule has 1 aliphatic carbocycles. The molecule has 0 amide bonds. The number of hydrogen-bond donors (Lipinski definition) is 0. The molecule has 3 atom stereocenters. The van der Waals surface area contributed by atoms with Gasteiger partial charge in [-0.05, 0) is 53.4 Å². The van der Waals surface area contributed by atoms with Crippen molar-refractivity contribution < 1.29 is 68.0 Å². The van der Waals surface area contributed by atoms with Crippen LogP contribution in [-0.4, -0.2) is 44.2 Å². The van der Waals surface area contributed by atoms with E-state index in [1.54, 1.807) is 24.5 Å². The summed E-state index contributed by atoms with van der Waals surface area (Å²) >= 11 is 0. The van der Waals surface area contributed by atoms with Crippen molar-refractivity contribution in [2.45, 2.75) is 38.6 Å². The summed E-state index contributed by atoms with van der Waals surface area (Å²) in [6.07, 6.45) is 5.82. The standard InChI is InChI=1S/C23H29NO3.2CH3.W.Y/c1-4-15-13-24-10-9-18-17-8-6-5-7-16(17)11-20(18)22(24)12-19(15)21(14-26-2)23(25)27-3;;;;/h5-8,14-15,19,22H,4,9-13H2,1-3H3;2*1H3;;/q;2*-1;+2;/b21-14+;;;;/t15-,19+,22+;;;;/m1..../s1. The number of benzene rings is 1. The summed E-state index contributed by atoms with van der Waals surface area (Å²) < 4.78 is 10.3.